The summed E-state index contributed by atoms with van der Waals surface area (Å²) in [4.78, 5) is 28.9. The van der Waals surface area contributed by atoms with Gasteiger partial charge in [-0.15, -0.1) is 5.10 Å². The summed E-state index contributed by atoms with van der Waals surface area (Å²) in [7, 11) is 0. The van der Waals surface area contributed by atoms with Crippen molar-refractivity contribution in [2.24, 2.45) is 5.41 Å². The van der Waals surface area contributed by atoms with Crippen molar-refractivity contribution in [2.75, 3.05) is 24.5 Å². The SMILES string of the molecule is CC(C)N(C(=O)c1cc(F)ccc1Oc1nnc(Cl)c(N2CC3(CC(Oc4ccnc5c4CN(Cc4ccccc4)CC5)C3)C2)n1)C(C)C. The molecule has 0 bridgehead atoms. The molecule has 12 heteroatoms. The minimum absolute atomic E-state index is 0.0692. The molecule has 0 unspecified atom stereocenters. The Morgan fingerprint density at radius 1 is 1.04 bits per heavy atom. The van der Waals surface area contributed by atoms with E-state index >= 15 is 0 Å². The summed E-state index contributed by atoms with van der Waals surface area (Å²) in [5.74, 6) is 0.663. The number of rotatable bonds is 10. The Labute approximate surface area is 291 Å². The van der Waals surface area contributed by atoms with Crippen LogP contribution in [-0.4, -0.2) is 73.7 Å². The molecule has 4 heterocycles. The Morgan fingerprint density at radius 2 is 1.80 bits per heavy atom. The van der Waals surface area contributed by atoms with Crippen molar-refractivity contribution in [1.29, 1.82) is 0 Å². The fourth-order valence-corrected chi connectivity index (χ4v) is 7.69. The number of anilines is 1. The van der Waals surface area contributed by atoms with E-state index in [0.717, 1.165) is 63.4 Å². The summed E-state index contributed by atoms with van der Waals surface area (Å²) in [6, 6.07) is 16.1. The summed E-state index contributed by atoms with van der Waals surface area (Å²) >= 11 is 6.46. The number of hydrogen-bond acceptors (Lipinski definition) is 9. The first-order chi connectivity index (χ1) is 23.6. The van der Waals surface area contributed by atoms with Crippen molar-refractivity contribution in [1.82, 2.24) is 30.0 Å². The minimum atomic E-state index is -0.540. The highest BCUT2D eigenvalue weighted by atomic mass is 35.5. The van der Waals surface area contributed by atoms with Gasteiger partial charge < -0.3 is 19.3 Å². The molecule has 2 aromatic carbocycles. The fourth-order valence-electron chi connectivity index (χ4n) is 7.49. The standard InChI is InChI=1S/C37H41ClFN7O3/c1-23(2)46(24(3)4)35(47)28-16-26(39)10-11-31(28)49-36-41-34(33(38)42-43-36)45-21-37(22-45)17-27(18-37)48-32-12-14-40-30-13-15-44(20-29(30)32)19-25-8-6-5-7-9-25/h5-12,14,16,23-24,27H,13,15,17-22H2,1-4H3. The molecular weight excluding hydrogens is 645 g/mol. The maximum absolute atomic E-state index is 14.3. The minimum Gasteiger partial charge on any atom is -0.490 e. The van der Waals surface area contributed by atoms with Crippen LogP contribution in [0.1, 0.15) is 67.7 Å². The van der Waals surface area contributed by atoms with Gasteiger partial charge in [0.05, 0.1) is 5.56 Å². The molecule has 1 amide bonds. The Kier molecular flexibility index (Phi) is 9.15. The van der Waals surface area contributed by atoms with Gasteiger partial charge in [0.25, 0.3) is 5.91 Å². The second-order valence-electron chi connectivity index (χ2n) is 14.0. The molecule has 1 saturated heterocycles. The number of ether oxygens (including phenoxy) is 2. The van der Waals surface area contributed by atoms with Gasteiger partial charge in [-0.1, -0.05) is 47.0 Å². The predicted molar refractivity (Wildman–Crippen MR) is 185 cm³/mol. The van der Waals surface area contributed by atoms with Gasteiger partial charge in [0.2, 0.25) is 0 Å². The van der Waals surface area contributed by atoms with Crippen molar-refractivity contribution in [3.63, 3.8) is 0 Å². The van der Waals surface area contributed by atoms with Gasteiger partial charge in [-0.3, -0.25) is 14.7 Å². The van der Waals surface area contributed by atoms with Gasteiger partial charge >= 0.3 is 6.01 Å². The first-order valence-corrected chi connectivity index (χ1v) is 17.3. The zero-order valence-corrected chi connectivity index (χ0v) is 29.0. The number of carbonyl (C=O) groups excluding carboxylic acids is 1. The van der Waals surface area contributed by atoms with Gasteiger partial charge in [-0.05, 0) is 70.4 Å². The summed E-state index contributed by atoms with van der Waals surface area (Å²) in [5.41, 5.74) is 3.83. The van der Waals surface area contributed by atoms with E-state index in [-0.39, 0.29) is 52.0 Å². The molecule has 256 valence electrons. The van der Waals surface area contributed by atoms with Crippen molar-refractivity contribution in [3.8, 4) is 17.5 Å². The topological polar surface area (TPSA) is 96.8 Å². The van der Waals surface area contributed by atoms with Crippen LogP contribution in [0.4, 0.5) is 10.2 Å². The molecule has 0 N–H and O–H groups in total. The van der Waals surface area contributed by atoms with Crippen LogP contribution < -0.4 is 14.4 Å². The summed E-state index contributed by atoms with van der Waals surface area (Å²) < 4.78 is 26.9. The first kappa shape index (κ1) is 33.2. The van der Waals surface area contributed by atoms with Crippen molar-refractivity contribution >= 4 is 23.3 Å². The zero-order valence-electron chi connectivity index (χ0n) is 28.3. The number of fused-ring (bicyclic) bond motifs is 1. The molecular formula is C37H41ClFN7O3. The smallest absolute Gasteiger partial charge is 0.343 e. The van der Waals surface area contributed by atoms with Gasteiger partial charge in [-0.2, -0.15) is 4.98 Å². The number of nitrogens with zero attached hydrogens (tertiary/aromatic N) is 7. The number of carbonyl (C=O) groups is 1. The molecule has 49 heavy (non-hydrogen) atoms. The van der Waals surface area contributed by atoms with Gasteiger partial charge in [0.15, 0.2) is 11.0 Å². The fraction of sp³-hybridized carbons (Fsp3) is 0.432. The first-order valence-electron chi connectivity index (χ1n) is 16.9. The quantitative estimate of drug-likeness (QED) is 0.180. The zero-order chi connectivity index (χ0) is 34.3. The molecule has 3 aliphatic rings. The van der Waals surface area contributed by atoms with Crippen LogP contribution in [0.2, 0.25) is 5.15 Å². The Bertz CT molecular complexity index is 1820. The highest BCUT2D eigenvalue weighted by Crippen LogP contribution is 2.51. The predicted octanol–water partition coefficient (Wildman–Crippen LogP) is 6.72. The molecule has 2 aromatic heterocycles. The number of halogens is 2. The summed E-state index contributed by atoms with van der Waals surface area (Å²) in [6.45, 7) is 11.9. The maximum Gasteiger partial charge on any atom is 0.343 e. The van der Waals surface area contributed by atoms with Crippen molar-refractivity contribution < 1.29 is 18.7 Å². The number of benzene rings is 2. The average Bonchev–Trinajstić information content (AvgIpc) is 3.03. The molecule has 1 saturated carbocycles. The van der Waals surface area contributed by atoms with Crippen LogP contribution in [-0.2, 0) is 19.5 Å². The third kappa shape index (κ3) is 6.91. The summed E-state index contributed by atoms with van der Waals surface area (Å²) in [5, 5.41) is 8.26. The number of amides is 1. The Balaban J connectivity index is 0.983. The molecule has 2 aliphatic heterocycles. The lowest BCUT2D eigenvalue weighted by Gasteiger charge is -2.58. The average molecular weight is 686 g/mol. The molecule has 0 radical (unpaired) electrons. The molecule has 4 aromatic rings. The van der Waals surface area contributed by atoms with Crippen LogP contribution >= 0.6 is 11.6 Å². The van der Waals surface area contributed by atoms with E-state index in [9.17, 15) is 9.18 Å². The molecule has 2 fully saturated rings. The Morgan fingerprint density at radius 3 is 2.53 bits per heavy atom. The lowest BCUT2D eigenvalue weighted by Crippen LogP contribution is -2.65. The van der Waals surface area contributed by atoms with Gasteiger partial charge in [0.1, 0.15) is 23.4 Å². The van der Waals surface area contributed by atoms with E-state index in [1.54, 1.807) is 4.90 Å². The molecule has 0 atom stereocenters. The van der Waals surface area contributed by atoms with E-state index in [2.05, 4.69) is 54.2 Å². The largest absolute Gasteiger partial charge is 0.490 e. The monoisotopic (exact) mass is 685 g/mol. The van der Waals surface area contributed by atoms with Gasteiger partial charge in [0, 0.05) is 74.1 Å². The molecule has 10 nitrogen and oxygen atoms in total. The molecule has 1 aliphatic carbocycles. The normalized spacial score (nSPS) is 17.1. The third-order valence-corrected chi connectivity index (χ3v) is 9.94. The second-order valence-corrected chi connectivity index (χ2v) is 14.4. The lowest BCUT2D eigenvalue weighted by molar-refractivity contribution is -0.0352. The van der Waals surface area contributed by atoms with Gasteiger partial charge in [-0.25, -0.2) is 4.39 Å². The van der Waals surface area contributed by atoms with E-state index in [1.807, 2.05) is 46.0 Å². The highest BCUT2D eigenvalue weighted by Gasteiger charge is 2.54. The van der Waals surface area contributed by atoms with Crippen LogP contribution in [0.25, 0.3) is 0 Å². The molecule has 7 rings (SSSR count). The van der Waals surface area contributed by atoms with Crippen molar-refractivity contribution in [2.45, 2.75) is 78.2 Å². The van der Waals surface area contributed by atoms with E-state index in [0.29, 0.717) is 5.82 Å². The second kappa shape index (κ2) is 13.5. The van der Waals surface area contributed by atoms with E-state index in [1.165, 1.54) is 29.3 Å². The van der Waals surface area contributed by atoms with E-state index < -0.39 is 5.82 Å². The summed E-state index contributed by atoms with van der Waals surface area (Å²) in [6.07, 6.45) is 4.75. The van der Waals surface area contributed by atoms with Crippen molar-refractivity contribution in [3.05, 3.63) is 94.1 Å². The molecule has 1 spiro atoms. The highest BCUT2D eigenvalue weighted by molar-refractivity contribution is 6.31. The third-order valence-electron chi connectivity index (χ3n) is 9.69. The number of pyridine rings is 1. The number of aromatic nitrogens is 4. The van der Waals surface area contributed by atoms with Crippen LogP contribution in [0.5, 0.6) is 17.5 Å². The van der Waals surface area contributed by atoms with Crippen LogP contribution in [0.15, 0.2) is 60.8 Å². The maximum atomic E-state index is 14.3. The Hall–Kier alpha value is -4.35. The van der Waals surface area contributed by atoms with Crippen LogP contribution in [0.3, 0.4) is 0 Å². The lowest BCUT2D eigenvalue weighted by atomic mass is 9.61. The van der Waals surface area contributed by atoms with Crippen LogP contribution in [0, 0.1) is 11.2 Å². The number of hydrogen-bond donors (Lipinski definition) is 0. The van der Waals surface area contributed by atoms with E-state index in [4.69, 9.17) is 21.1 Å².